The van der Waals surface area contributed by atoms with Crippen molar-refractivity contribution in [1.82, 2.24) is 9.80 Å². The first-order chi connectivity index (χ1) is 13.5. The molecule has 1 fully saturated rings. The number of aromatic hydroxyl groups is 1. The van der Waals surface area contributed by atoms with Crippen molar-refractivity contribution in [2.45, 2.75) is 19.4 Å². The minimum absolute atomic E-state index is 0.333. The number of nitrogens with two attached hydrogens (primary N) is 1. The van der Waals surface area contributed by atoms with Gasteiger partial charge in [0, 0.05) is 51.0 Å². The van der Waals surface area contributed by atoms with E-state index in [1.165, 1.54) is 5.56 Å². The number of nitrogens with zero attached hydrogens (tertiary/aromatic N) is 2. The molecule has 0 spiro atoms. The fraction of sp³-hybridized carbons (Fsp3) is 0.409. The van der Waals surface area contributed by atoms with E-state index in [-0.39, 0.29) is 0 Å². The molecule has 0 aromatic heterocycles. The Labute approximate surface area is 166 Å². The Morgan fingerprint density at radius 2 is 1.89 bits per heavy atom. The highest BCUT2D eigenvalue weighted by atomic mass is 16.3. The third-order valence-electron chi connectivity index (χ3n) is 5.41. The fourth-order valence-electron chi connectivity index (χ4n) is 3.78. The van der Waals surface area contributed by atoms with Crippen molar-refractivity contribution in [2.75, 3.05) is 44.6 Å². The second-order valence-corrected chi connectivity index (χ2v) is 7.44. The molecule has 150 valence electrons. The summed E-state index contributed by atoms with van der Waals surface area (Å²) in [7, 11) is 0. The minimum Gasteiger partial charge on any atom is -0.508 e. The maximum atomic E-state index is 11.5. The first-order valence-corrected chi connectivity index (χ1v) is 9.90. The molecule has 0 saturated carbocycles. The van der Waals surface area contributed by atoms with Crippen LogP contribution in [0.2, 0.25) is 0 Å². The van der Waals surface area contributed by atoms with Gasteiger partial charge in [0.15, 0.2) is 0 Å². The monoisotopic (exact) mass is 382 g/mol. The zero-order chi connectivity index (χ0) is 19.9. The van der Waals surface area contributed by atoms with E-state index in [0.717, 1.165) is 51.4 Å². The van der Waals surface area contributed by atoms with Crippen molar-refractivity contribution in [3.63, 3.8) is 0 Å². The van der Waals surface area contributed by atoms with Crippen LogP contribution in [0.15, 0.2) is 48.5 Å². The summed E-state index contributed by atoms with van der Waals surface area (Å²) in [5.74, 6) is -0.0719. The standard InChI is InChI=1S/C22H30N4O2/c1-17(15-18-5-4-6-19(27)16-18)26-13-11-25(12-14-26)10-9-24-21-8-3-2-7-20(21)22(23)28/h2-8,16-17,24,27H,9-15H2,1H3,(H2,23,28). The summed E-state index contributed by atoms with van der Waals surface area (Å²) >= 11 is 0. The number of amides is 1. The van der Waals surface area contributed by atoms with E-state index >= 15 is 0 Å². The Morgan fingerprint density at radius 1 is 1.14 bits per heavy atom. The molecule has 1 unspecified atom stereocenters. The number of hydrogen-bond acceptors (Lipinski definition) is 5. The van der Waals surface area contributed by atoms with Crippen LogP contribution in [0.25, 0.3) is 0 Å². The van der Waals surface area contributed by atoms with Gasteiger partial charge >= 0.3 is 0 Å². The molecule has 2 aromatic rings. The molecule has 0 aliphatic carbocycles. The number of anilines is 1. The smallest absolute Gasteiger partial charge is 0.250 e. The van der Waals surface area contributed by atoms with Crippen molar-refractivity contribution in [3.05, 3.63) is 59.7 Å². The predicted molar refractivity (Wildman–Crippen MR) is 113 cm³/mol. The second kappa shape index (κ2) is 9.57. The Hall–Kier alpha value is -2.57. The van der Waals surface area contributed by atoms with E-state index in [4.69, 9.17) is 5.73 Å². The van der Waals surface area contributed by atoms with Crippen LogP contribution in [0, 0.1) is 0 Å². The van der Waals surface area contributed by atoms with Crippen LogP contribution in [0.1, 0.15) is 22.8 Å². The van der Waals surface area contributed by atoms with Crippen molar-refractivity contribution in [3.8, 4) is 5.75 Å². The molecule has 1 aliphatic rings. The third-order valence-corrected chi connectivity index (χ3v) is 5.41. The molecule has 6 nitrogen and oxygen atoms in total. The first kappa shape index (κ1) is 20.2. The van der Waals surface area contributed by atoms with Crippen LogP contribution < -0.4 is 11.1 Å². The van der Waals surface area contributed by atoms with Crippen molar-refractivity contribution in [1.29, 1.82) is 0 Å². The average molecular weight is 383 g/mol. The van der Waals surface area contributed by atoms with Crippen LogP contribution in [0.3, 0.4) is 0 Å². The number of phenolic OH excluding ortho intramolecular Hbond substituents is 1. The zero-order valence-corrected chi connectivity index (χ0v) is 16.5. The Balaban J connectivity index is 1.41. The van der Waals surface area contributed by atoms with Gasteiger partial charge in [0.05, 0.1) is 5.56 Å². The number of piperazine rings is 1. The van der Waals surface area contributed by atoms with Gasteiger partial charge in [0.2, 0.25) is 0 Å². The zero-order valence-electron chi connectivity index (χ0n) is 16.5. The molecule has 6 heteroatoms. The lowest BCUT2D eigenvalue weighted by Crippen LogP contribution is -2.50. The SMILES string of the molecule is CC(Cc1cccc(O)c1)N1CCN(CCNc2ccccc2C(N)=O)CC1. The molecule has 0 radical (unpaired) electrons. The molecule has 1 saturated heterocycles. The van der Waals surface area contributed by atoms with Gasteiger partial charge in [-0.3, -0.25) is 14.6 Å². The number of carbonyl (C=O) groups is 1. The highest BCUT2D eigenvalue weighted by molar-refractivity contribution is 5.98. The molecule has 0 bridgehead atoms. The van der Waals surface area contributed by atoms with Gasteiger partial charge in [-0.2, -0.15) is 0 Å². The number of nitrogens with one attached hydrogen (secondary N) is 1. The van der Waals surface area contributed by atoms with Crippen molar-refractivity contribution in [2.24, 2.45) is 5.73 Å². The van der Waals surface area contributed by atoms with E-state index in [0.29, 0.717) is 17.4 Å². The normalized spacial score (nSPS) is 16.6. The Morgan fingerprint density at radius 3 is 2.61 bits per heavy atom. The van der Waals surface area contributed by atoms with E-state index < -0.39 is 5.91 Å². The maximum Gasteiger partial charge on any atom is 0.250 e. The molecular weight excluding hydrogens is 352 g/mol. The van der Waals surface area contributed by atoms with Gasteiger partial charge in [0.25, 0.3) is 5.91 Å². The summed E-state index contributed by atoms with van der Waals surface area (Å²) in [6, 6.07) is 15.3. The first-order valence-electron chi connectivity index (χ1n) is 9.90. The Kier molecular flexibility index (Phi) is 6.90. The Bertz CT molecular complexity index is 788. The van der Waals surface area contributed by atoms with Gasteiger partial charge in [-0.1, -0.05) is 24.3 Å². The number of carbonyl (C=O) groups excluding carboxylic acids is 1. The molecule has 4 N–H and O–H groups in total. The maximum absolute atomic E-state index is 11.5. The van der Waals surface area contributed by atoms with Gasteiger partial charge < -0.3 is 16.2 Å². The van der Waals surface area contributed by atoms with Crippen LogP contribution in [0.4, 0.5) is 5.69 Å². The fourth-order valence-corrected chi connectivity index (χ4v) is 3.78. The highest BCUT2D eigenvalue weighted by Gasteiger charge is 2.21. The van der Waals surface area contributed by atoms with E-state index in [1.807, 2.05) is 30.3 Å². The number of rotatable bonds is 8. The van der Waals surface area contributed by atoms with E-state index in [1.54, 1.807) is 12.1 Å². The number of phenols is 1. The van der Waals surface area contributed by atoms with E-state index in [9.17, 15) is 9.90 Å². The van der Waals surface area contributed by atoms with Gasteiger partial charge in [-0.15, -0.1) is 0 Å². The van der Waals surface area contributed by atoms with Crippen LogP contribution in [-0.2, 0) is 6.42 Å². The van der Waals surface area contributed by atoms with Gasteiger partial charge in [-0.25, -0.2) is 0 Å². The van der Waals surface area contributed by atoms with Crippen molar-refractivity contribution < 1.29 is 9.90 Å². The third kappa shape index (κ3) is 5.47. The number of primary amides is 1. The van der Waals surface area contributed by atoms with Crippen LogP contribution in [0.5, 0.6) is 5.75 Å². The molecule has 1 atom stereocenters. The average Bonchev–Trinajstić information content (AvgIpc) is 2.69. The quantitative estimate of drug-likeness (QED) is 0.652. The van der Waals surface area contributed by atoms with Crippen LogP contribution >= 0.6 is 0 Å². The number of hydrogen-bond donors (Lipinski definition) is 3. The summed E-state index contributed by atoms with van der Waals surface area (Å²) in [5.41, 5.74) is 7.94. The van der Waals surface area contributed by atoms with Crippen LogP contribution in [-0.4, -0.2) is 66.1 Å². The molecule has 1 amide bonds. The van der Waals surface area contributed by atoms with Gasteiger partial charge in [-0.05, 0) is 43.2 Å². The van der Waals surface area contributed by atoms with Gasteiger partial charge in [0.1, 0.15) is 5.75 Å². The lowest BCUT2D eigenvalue weighted by atomic mass is 10.0. The number of para-hydroxylation sites is 1. The second-order valence-electron chi connectivity index (χ2n) is 7.44. The lowest BCUT2D eigenvalue weighted by Gasteiger charge is -2.38. The summed E-state index contributed by atoms with van der Waals surface area (Å²) in [4.78, 5) is 16.4. The summed E-state index contributed by atoms with van der Waals surface area (Å²) < 4.78 is 0. The summed E-state index contributed by atoms with van der Waals surface area (Å²) in [5, 5.41) is 13.0. The minimum atomic E-state index is -0.405. The molecule has 3 rings (SSSR count). The lowest BCUT2D eigenvalue weighted by molar-refractivity contribution is 0.100. The summed E-state index contributed by atoms with van der Waals surface area (Å²) in [6.07, 6.45) is 0.944. The molecule has 28 heavy (non-hydrogen) atoms. The molecule has 1 aliphatic heterocycles. The number of benzene rings is 2. The molecular formula is C22H30N4O2. The predicted octanol–water partition coefficient (Wildman–Crippen LogP) is 2.15. The molecule has 2 aromatic carbocycles. The van der Waals surface area contributed by atoms with E-state index in [2.05, 4.69) is 28.1 Å². The largest absolute Gasteiger partial charge is 0.508 e. The topological polar surface area (TPSA) is 81.8 Å². The van der Waals surface area contributed by atoms with Crippen molar-refractivity contribution >= 4 is 11.6 Å². The molecule has 1 heterocycles. The summed E-state index contributed by atoms with van der Waals surface area (Å²) in [6.45, 7) is 8.11. The highest BCUT2D eigenvalue weighted by Crippen LogP contribution is 2.16.